The number of amides is 1. The highest BCUT2D eigenvalue weighted by atomic mass is 35.5. The molecule has 1 aromatic carbocycles. The lowest BCUT2D eigenvalue weighted by atomic mass is 10.1. The third-order valence-electron chi connectivity index (χ3n) is 4.43. The predicted molar refractivity (Wildman–Crippen MR) is 112 cm³/mol. The van der Waals surface area contributed by atoms with Crippen molar-refractivity contribution in [2.75, 3.05) is 5.32 Å². The van der Waals surface area contributed by atoms with E-state index >= 15 is 0 Å². The fraction of sp³-hybridized carbons (Fsp3) is 0.250. The van der Waals surface area contributed by atoms with Crippen LogP contribution in [-0.2, 0) is 11.3 Å². The van der Waals surface area contributed by atoms with Crippen LogP contribution >= 0.6 is 11.6 Å². The first-order valence-electron chi connectivity index (χ1n) is 9.12. The second-order valence-corrected chi connectivity index (χ2v) is 7.20. The summed E-state index contributed by atoms with van der Waals surface area (Å²) in [6, 6.07) is 7.43. The molecule has 2 heterocycles. The van der Waals surface area contributed by atoms with Gasteiger partial charge in [-0.05, 0) is 26.0 Å². The molecule has 1 atom stereocenters. The van der Waals surface area contributed by atoms with Crippen LogP contribution in [0.1, 0.15) is 18.3 Å². The first-order valence-corrected chi connectivity index (χ1v) is 9.50. The molecule has 2 aromatic heterocycles. The number of carbonyl (C=O) groups is 1. The number of aryl methyl sites for hydroxylation is 1. The Balaban J connectivity index is 1.77. The Morgan fingerprint density at radius 3 is 2.70 bits per heavy atom. The molecule has 0 fully saturated rings. The van der Waals surface area contributed by atoms with Gasteiger partial charge in [0.05, 0.1) is 51.7 Å². The number of hydrogen-bond acceptors (Lipinski definition) is 6. The summed E-state index contributed by atoms with van der Waals surface area (Å²) in [5, 5.41) is 18.9. The normalized spacial score (nSPS) is 11.7. The Morgan fingerprint density at radius 1 is 1.33 bits per heavy atom. The standard InChI is InChI=1S/C20H20ClN5O4/c1-12(11-25-14(3)19(21)13(2)24-25)20(27)23-15-7-16(26(28)29)9-18(8-15)30-17-5-4-6-22-10-17/h4-10,12H,11H2,1-3H3,(H,23,27). The molecule has 0 spiro atoms. The first kappa shape index (κ1) is 21.3. The van der Waals surface area contributed by atoms with Gasteiger partial charge in [0.15, 0.2) is 0 Å². The van der Waals surface area contributed by atoms with E-state index in [-0.39, 0.29) is 23.0 Å². The second kappa shape index (κ2) is 8.91. The van der Waals surface area contributed by atoms with E-state index in [2.05, 4.69) is 15.4 Å². The molecular weight excluding hydrogens is 410 g/mol. The summed E-state index contributed by atoms with van der Waals surface area (Å²) in [5.41, 5.74) is 1.52. The number of nitro groups is 1. The molecule has 1 amide bonds. The number of nitrogens with one attached hydrogen (secondary N) is 1. The van der Waals surface area contributed by atoms with Gasteiger partial charge in [0.1, 0.15) is 11.5 Å². The van der Waals surface area contributed by atoms with Crippen LogP contribution in [0.25, 0.3) is 0 Å². The van der Waals surface area contributed by atoms with Gasteiger partial charge in [-0.15, -0.1) is 0 Å². The first-order chi connectivity index (χ1) is 14.2. The molecule has 0 saturated heterocycles. The lowest BCUT2D eigenvalue weighted by Crippen LogP contribution is -2.25. The monoisotopic (exact) mass is 429 g/mol. The Kier molecular flexibility index (Phi) is 6.31. The molecule has 0 aliphatic heterocycles. The molecule has 3 aromatic rings. The topological polar surface area (TPSA) is 112 Å². The third kappa shape index (κ3) is 4.93. The zero-order valence-electron chi connectivity index (χ0n) is 16.6. The number of anilines is 1. The number of ether oxygens (including phenoxy) is 1. The molecule has 0 bridgehead atoms. The number of non-ortho nitro benzene ring substituents is 1. The second-order valence-electron chi connectivity index (χ2n) is 6.82. The van der Waals surface area contributed by atoms with Crippen molar-refractivity contribution >= 4 is 28.9 Å². The maximum absolute atomic E-state index is 12.7. The average molecular weight is 430 g/mol. The van der Waals surface area contributed by atoms with Gasteiger partial charge in [-0.2, -0.15) is 5.10 Å². The number of benzene rings is 1. The molecule has 10 heteroatoms. The van der Waals surface area contributed by atoms with Gasteiger partial charge in [0.25, 0.3) is 5.69 Å². The van der Waals surface area contributed by atoms with Crippen molar-refractivity contribution in [3.8, 4) is 11.5 Å². The summed E-state index contributed by atoms with van der Waals surface area (Å²) in [6.45, 7) is 5.68. The van der Waals surface area contributed by atoms with E-state index < -0.39 is 10.8 Å². The van der Waals surface area contributed by atoms with E-state index in [1.54, 1.807) is 36.9 Å². The quantitative estimate of drug-likeness (QED) is 0.436. The number of halogens is 1. The minimum absolute atomic E-state index is 0.204. The lowest BCUT2D eigenvalue weighted by Gasteiger charge is -2.14. The van der Waals surface area contributed by atoms with Crippen molar-refractivity contribution in [3.63, 3.8) is 0 Å². The van der Waals surface area contributed by atoms with Gasteiger partial charge in [-0.1, -0.05) is 18.5 Å². The molecular formula is C20H20ClN5O4. The van der Waals surface area contributed by atoms with Gasteiger partial charge >= 0.3 is 0 Å². The van der Waals surface area contributed by atoms with Gasteiger partial charge in [0.2, 0.25) is 5.91 Å². The van der Waals surface area contributed by atoms with Crippen LogP contribution in [0.15, 0.2) is 42.7 Å². The predicted octanol–water partition coefficient (Wildman–Crippen LogP) is 4.52. The highest BCUT2D eigenvalue weighted by molar-refractivity contribution is 6.31. The molecule has 156 valence electrons. The van der Waals surface area contributed by atoms with Crippen LogP contribution in [0.5, 0.6) is 11.5 Å². The smallest absolute Gasteiger partial charge is 0.275 e. The minimum atomic E-state index is -0.549. The summed E-state index contributed by atoms with van der Waals surface area (Å²) in [5.74, 6) is -0.136. The molecule has 0 aliphatic carbocycles. The van der Waals surface area contributed by atoms with Crippen molar-refractivity contribution < 1.29 is 14.5 Å². The highest BCUT2D eigenvalue weighted by Gasteiger charge is 2.19. The van der Waals surface area contributed by atoms with E-state index in [0.717, 1.165) is 5.69 Å². The van der Waals surface area contributed by atoms with Crippen molar-refractivity contribution in [2.24, 2.45) is 5.92 Å². The number of hydrogen-bond donors (Lipinski definition) is 1. The van der Waals surface area contributed by atoms with E-state index in [4.69, 9.17) is 16.3 Å². The summed E-state index contributed by atoms with van der Waals surface area (Å²) < 4.78 is 7.31. The summed E-state index contributed by atoms with van der Waals surface area (Å²) in [4.78, 5) is 27.3. The zero-order chi connectivity index (χ0) is 21.8. The number of rotatable bonds is 7. The number of aromatic nitrogens is 3. The van der Waals surface area contributed by atoms with Gasteiger partial charge in [-0.25, -0.2) is 0 Å². The lowest BCUT2D eigenvalue weighted by molar-refractivity contribution is -0.384. The fourth-order valence-electron chi connectivity index (χ4n) is 2.82. The van der Waals surface area contributed by atoms with Gasteiger partial charge in [-0.3, -0.25) is 24.6 Å². The molecule has 9 nitrogen and oxygen atoms in total. The highest BCUT2D eigenvalue weighted by Crippen LogP contribution is 2.30. The summed E-state index contributed by atoms with van der Waals surface area (Å²) in [7, 11) is 0. The van der Waals surface area contributed by atoms with Crippen molar-refractivity contribution in [3.05, 3.63) is 69.3 Å². The van der Waals surface area contributed by atoms with Crippen LogP contribution < -0.4 is 10.1 Å². The largest absolute Gasteiger partial charge is 0.455 e. The van der Waals surface area contributed by atoms with Gasteiger partial charge < -0.3 is 10.1 Å². The van der Waals surface area contributed by atoms with Crippen LogP contribution in [-0.4, -0.2) is 25.6 Å². The van der Waals surface area contributed by atoms with Crippen molar-refractivity contribution in [1.29, 1.82) is 0 Å². The average Bonchev–Trinajstić information content (AvgIpc) is 2.95. The third-order valence-corrected chi connectivity index (χ3v) is 4.97. The Bertz CT molecular complexity index is 1080. The van der Waals surface area contributed by atoms with Crippen LogP contribution in [0.2, 0.25) is 5.02 Å². The van der Waals surface area contributed by atoms with E-state index in [0.29, 0.717) is 23.0 Å². The SMILES string of the molecule is Cc1nn(CC(C)C(=O)Nc2cc(Oc3cccnc3)cc([N+](=O)[O-])c2)c(C)c1Cl. The van der Waals surface area contributed by atoms with Crippen LogP contribution in [0.3, 0.4) is 0 Å². The van der Waals surface area contributed by atoms with Crippen molar-refractivity contribution in [2.45, 2.75) is 27.3 Å². The number of pyridine rings is 1. The maximum atomic E-state index is 12.7. The Hall–Kier alpha value is -3.46. The molecule has 0 radical (unpaired) electrons. The van der Waals surface area contributed by atoms with Crippen LogP contribution in [0, 0.1) is 29.9 Å². The minimum Gasteiger partial charge on any atom is -0.455 e. The summed E-state index contributed by atoms with van der Waals surface area (Å²) >= 11 is 6.16. The maximum Gasteiger partial charge on any atom is 0.275 e. The molecule has 30 heavy (non-hydrogen) atoms. The number of carbonyl (C=O) groups excluding carboxylic acids is 1. The molecule has 1 N–H and O–H groups in total. The fourth-order valence-corrected chi connectivity index (χ4v) is 2.96. The zero-order valence-corrected chi connectivity index (χ0v) is 17.4. The molecule has 0 saturated carbocycles. The molecule has 0 aliphatic rings. The summed E-state index contributed by atoms with van der Waals surface area (Å²) in [6.07, 6.45) is 3.07. The number of nitrogens with zero attached hydrogens (tertiary/aromatic N) is 4. The van der Waals surface area contributed by atoms with Crippen molar-refractivity contribution in [1.82, 2.24) is 14.8 Å². The van der Waals surface area contributed by atoms with E-state index in [1.165, 1.54) is 24.4 Å². The molecule has 3 rings (SSSR count). The Labute approximate surface area is 177 Å². The number of nitro benzene ring substituents is 1. The van der Waals surface area contributed by atoms with Crippen LogP contribution in [0.4, 0.5) is 11.4 Å². The Morgan fingerprint density at radius 2 is 2.10 bits per heavy atom. The van der Waals surface area contributed by atoms with E-state index in [9.17, 15) is 14.9 Å². The van der Waals surface area contributed by atoms with E-state index in [1.807, 2.05) is 6.92 Å². The van der Waals surface area contributed by atoms with Gasteiger partial charge in [0, 0.05) is 18.3 Å². The molecule has 1 unspecified atom stereocenters.